The molecule has 2 unspecified atom stereocenters. The lowest BCUT2D eigenvalue weighted by Crippen LogP contribution is -2.43. The number of guanidine groups is 1. The molecule has 5 nitrogen and oxygen atoms in total. The molecule has 1 aliphatic carbocycles. The van der Waals surface area contributed by atoms with Gasteiger partial charge in [0.05, 0.1) is 5.75 Å². The molecule has 0 spiro atoms. The molecule has 2 N–H and O–H groups in total. The smallest absolute Gasteiger partial charge is 0.191 e. The molecule has 1 fully saturated rings. The van der Waals surface area contributed by atoms with Crippen LogP contribution in [-0.2, 0) is 9.84 Å². The maximum Gasteiger partial charge on any atom is 0.191 e. The molecule has 0 bridgehead atoms. The molecular formula is C13H27N3O2S. The van der Waals surface area contributed by atoms with Gasteiger partial charge in [0.1, 0.15) is 9.84 Å². The van der Waals surface area contributed by atoms with Gasteiger partial charge in [0.25, 0.3) is 0 Å². The molecule has 6 heteroatoms. The van der Waals surface area contributed by atoms with E-state index in [2.05, 4.69) is 36.4 Å². The maximum absolute atomic E-state index is 11.2. The Kier molecular flexibility index (Phi) is 5.24. The molecule has 0 aliphatic heterocycles. The summed E-state index contributed by atoms with van der Waals surface area (Å²) in [6, 6.07) is 0.533. The van der Waals surface area contributed by atoms with Crippen LogP contribution in [0.3, 0.4) is 0 Å². The van der Waals surface area contributed by atoms with Gasteiger partial charge in [-0.25, -0.2) is 8.42 Å². The first-order chi connectivity index (χ1) is 8.63. The van der Waals surface area contributed by atoms with Gasteiger partial charge in [0, 0.05) is 25.9 Å². The van der Waals surface area contributed by atoms with Gasteiger partial charge in [-0.2, -0.15) is 0 Å². The Labute approximate surface area is 117 Å². The van der Waals surface area contributed by atoms with Crippen molar-refractivity contribution in [2.75, 3.05) is 25.6 Å². The molecule has 0 heterocycles. The SMILES string of the molecule is CN=C(NCC(C)(C)CCS(C)(=O)=O)NC1CC1C. The van der Waals surface area contributed by atoms with Crippen LogP contribution >= 0.6 is 0 Å². The predicted molar refractivity (Wildman–Crippen MR) is 80.2 cm³/mol. The van der Waals surface area contributed by atoms with Crippen LogP contribution in [0.2, 0.25) is 0 Å². The van der Waals surface area contributed by atoms with E-state index < -0.39 is 9.84 Å². The van der Waals surface area contributed by atoms with E-state index >= 15 is 0 Å². The second-order valence-electron chi connectivity index (χ2n) is 6.43. The summed E-state index contributed by atoms with van der Waals surface area (Å²) in [5.41, 5.74) is -0.0735. The highest BCUT2D eigenvalue weighted by atomic mass is 32.2. The van der Waals surface area contributed by atoms with Gasteiger partial charge in [-0.05, 0) is 24.2 Å². The normalized spacial score (nSPS) is 24.2. The van der Waals surface area contributed by atoms with Gasteiger partial charge in [0.15, 0.2) is 5.96 Å². The van der Waals surface area contributed by atoms with Crippen LogP contribution in [0.5, 0.6) is 0 Å². The molecule has 1 aliphatic rings. The van der Waals surface area contributed by atoms with Gasteiger partial charge in [-0.1, -0.05) is 20.8 Å². The fraction of sp³-hybridized carbons (Fsp3) is 0.923. The number of hydrogen-bond donors (Lipinski definition) is 2. The van der Waals surface area contributed by atoms with Gasteiger partial charge in [-0.3, -0.25) is 4.99 Å². The predicted octanol–water partition coefficient (Wildman–Crippen LogP) is 1.02. The standard InChI is InChI=1S/C13H27N3O2S/c1-10-8-11(10)16-12(14-4)15-9-13(2,3)6-7-19(5,17)18/h10-11H,6-9H2,1-5H3,(H2,14,15,16). The van der Waals surface area contributed by atoms with Crippen LogP contribution in [-0.4, -0.2) is 46.0 Å². The topological polar surface area (TPSA) is 70.6 Å². The molecular weight excluding hydrogens is 262 g/mol. The third-order valence-corrected chi connectivity index (χ3v) is 4.48. The molecule has 112 valence electrons. The zero-order valence-corrected chi connectivity index (χ0v) is 13.5. The van der Waals surface area contributed by atoms with Crippen LogP contribution in [0.25, 0.3) is 0 Å². The number of aliphatic imine (C=N–C) groups is 1. The fourth-order valence-corrected chi connectivity index (χ4v) is 2.69. The lowest BCUT2D eigenvalue weighted by Gasteiger charge is -2.25. The van der Waals surface area contributed by atoms with Crippen molar-refractivity contribution < 1.29 is 8.42 Å². The Balaban J connectivity index is 2.36. The molecule has 0 amide bonds. The lowest BCUT2D eigenvalue weighted by molar-refractivity contribution is 0.348. The molecule has 1 saturated carbocycles. The lowest BCUT2D eigenvalue weighted by atomic mass is 9.90. The van der Waals surface area contributed by atoms with Crippen LogP contribution < -0.4 is 10.6 Å². The summed E-state index contributed by atoms with van der Waals surface area (Å²) in [6.45, 7) is 7.06. The number of rotatable bonds is 6. The summed E-state index contributed by atoms with van der Waals surface area (Å²) < 4.78 is 22.4. The Bertz CT molecular complexity index is 429. The largest absolute Gasteiger partial charge is 0.356 e. The van der Waals surface area contributed by atoms with Crippen molar-refractivity contribution in [3.8, 4) is 0 Å². The van der Waals surface area contributed by atoms with E-state index in [9.17, 15) is 8.42 Å². The number of nitrogens with zero attached hydrogens (tertiary/aromatic N) is 1. The monoisotopic (exact) mass is 289 g/mol. The zero-order chi connectivity index (χ0) is 14.7. The van der Waals surface area contributed by atoms with Crippen molar-refractivity contribution in [3.63, 3.8) is 0 Å². The summed E-state index contributed by atoms with van der Waals surface area (Å²) in [7, 11) is -1.14. The first-order valence-electron chi connectivity index (χ1n) is 6.78. The van der Waals surface area contributed by atoms with Gasteiger partial charge < -0.3 is 10.6 Å². The van der Waals surface area contributed by atoms with Crippen molar-refractivity contribution >= 4 is 15.8 Å². The highest BCUT2D eigenvalue weighted by molar-refractivity contribution is 7.90. The Morgan fingerprint density at radius 3 is 2.42 bits per heavy atom. The van der Waals surface area contributed by atoms with E-state index in [0.29, 0.717) is 19.0 Å². The molecule has 19 heavy (non-hydrogen) atoms. The Morgan fingerprint density at radius 2 is 2.00 bits per heavy atom. The number of sulfone groups is 1. The van der Waals surface area contributed by atoms with Crippen molar-refractivity contribution in [1.29, 1.82) is 0 Å². The van der Waals surface area contributed by atoms with E-state index in [-0.39, 0.29) is 11.2 Å². The van der Waals surface area contributed by atoms with Crippen molar-refractivity contribution in [2.45, 2.75) is 39.7 Å². The quantitative estimate of drug-likeness (QED) is 0.566. The van der Waals surface area contributed by atoms with Gasteiger partial charge in [0.2, 0.25) is 0 Å². The second-order valence-corrected chi connectivity index (χ2v) is 8.69. The summed E-state index contributed by atoms with van der Waals surface area (Å²) in [5, 5.41) is 6.64. The fourth-order valence-electron chi connectivity index (χ4n) is 1.77. The minimum absolute atomic E-state index is 0.0735. The van der Waals surface area contributed by atoms with E-state index in [0.717, 1.165) is 11.9 Å². The molecule has 0 aromatic carbocycles. The van der Waals surface area contributed by atoms with Crippen LogP contribution in [0.4, 0.5) is 0 Å². The molecule has 0 aromatic rings. The summed E-state index contributed by atoms with van der Waals surface area (Å²) >= 11 is 0. The Hall–Kier alpha value is -0.780. The van der Waals surface area contributed by atoms with Crippen LogP contribution in [0, 0.1) is 11.3 Å². The molecule has 0 aromatic heterocycles. The summed E-state index contributed by atoms with van der Waals surface area (Å²) in [4.78, 5) is 4.19. The van der Waals surface area contributed by atoms with Crippen molar-refractivity contribution in [3.05, 3.63) is 0 Å². The number of nitrogens with one attached hydrogen (secondary N) is 2. The summed E-state index contributed by atoms with van der Waals surface area (Å²) in [5.74, 6) is 1.76. The zero-order valence-electron chi connectivity index (χ0n) is 12.7. The second kappa shape index (κ2) is 6.11. The first-order valence-corrected chi connectivity index (χ1v) is 8.84. The average molecular weight is 289 g/mol. The number of hydrogen-bond acceptors (Lipinski definition) is 3. The average Bonchev–Trinajstić information content (AvgIpc) is 2.97. The third kappa shape index (κ3) is 6.80. The Morgan fingerprint density at radius 1 is 1.42 bits per heavy atom. The van der Waals surface area contributed by atoms with Crippen LogP contribution in [0.1, 0.15) is 33.6 Å². The molecule has 0 radical (unpaired) electrons. The van der Waals surface area contributed by atoms with E-state index in [1.165, 1.54) is 12.7 Å². The third-order valence-electron chi connectivity index (χ3n) is 3.54. The minimum Gasteiger partial charge on any atom is -0.356 e. The summed E-state index contributed by atoms with van der Waals surface area (Å²) in [6.07, 6.45) is 3.12. The van der Waals surface area contributed by atoms with Gasteiger partial charge >= 0.3 is 0 Å². The molecule has 2 atom stereocenters. The molecule has 1 rings (SSSR count). The van der Waals surface area contributed by atoms with E-state index in [1.807, 2.05) is 0 Å². The first kappa shape index (κ1) is 16.3. The van der Waals surface area contributed by atoms with Gasteiger partial charge in [-0.15, -0.1) is 0 Å². The van der Waals surface area contributed by atoms with Crippen LogP contribution in [0.15, 0.2) is 4.99 Å². The van der Waals surface area contributed by atoms with Crippen molar-refractivity contribution in [2.24, 2.45) is 16.3 Å². The molecule has 0 saturated heterocycles. The highest BCUT2D eigenvalue weighted by Crippen LogP contribution is 2.28. The van der Waals surface area contributed by atoms with E-state index in [4.69, 9.17) is 0 Å². The van der Waals surface area contributed by atoms with E-state index in [1.54, 1.807) is 7.05 Å². The highest BCUT2D eigenvalue weighted by Gasteiger charge is 2.33. The minimum atomic E-state index is -2.89. The maximum atomic E-state index is 11.2. The van der Waals surface area contributed by atoms with Crippen molar-refractivity contribution in [1.82, 2.24) is 10.6 Å².